The van der Waals surface area contributed by atoms with Gasteiger partial charge in [0.05, 0.1) is 12.2 Å². The van der Waals surface area contributed by atoms with E-state index in [1.807, 2.05) is 0 Å². The lowest BCUT2D eigenvalue weighted by Crippen LogP contribution is -2.65. The Kier molecular flexibility index (Phi) is 67.0. The van der Waals surface area contributed by atoms with E-state index in [-0.39, 0.29) is 6.42 Å². The molecule has 15 nitrogen and oxygen atoms in total. The molecule has 0 amide bonds. The topological polar surface area (TPSA) is 303 Å². The summed E-state index contributed by atoms with van der Waals surface area (Å²) >= 11 is 0. The summed E-state index contributed by atoms with van der Waals surface area (Å²) in [7, 11) is -7.86. The van der Waals surface area contributed by atoms with Crippen LogP contribution in [0, 0.1) is 0 Å². The Morgan fingerprint density at radius 2 is 0.458 bits per heavy atom. The zero-order valence-electron chi connectivity index (χ0n) is 46.3. The summed E-state index contributed by atoms with van der Waals surface area (Å²) in [6.45, 7) is 6.09. The Morgan fingerprint density at radius 1 is 0.292 bits per heavy atom. The molecule has 0 spiro atoms. The molecule has 18 heteroatoms. The van der Waals surface area contributed by atoms with Crippen molar-refractivity contribution in [2.24, 2.45) is 0 Å². The molecule has 0 aromatic heterocycles. The van der Waals surface area contributed by atoms with Gasteiger partial charge in [-0.25, -0.2) is 0 Å². The smallest absolute Gasteiger partial charge is 0.324 e. The highest BCUT2D eigenvalue weighted by atomic mass is 31.2. The average molecular weight is 1100 g/mol. The predicted molar refractivity (Wildman–Crippen MR) is 301 cm³/mol. The van der Waals surface area contributed by atoms with Gasteiger partial charge in [-0.05, 0) is 19.3 Å². The number of hydrogen-bond donors (Lipinski definition) is 15. The van der Waals surface area contributed by atoms with Crippen molar-refractivity contribution in [1.29, 1.82) is 0 Å². The van der Waals surface area contributed by atoms with E-state index in [0.29, 0.717) is 19.3 Å². The first-order chi connectivity index (χ1) is 34.4. The first-order valence-corrected chi connectivity index (χ1v) is 32.7. The van der Waals surface area contributed by atoms with Crippen LogP contribution in [0.1, 0.15) is 310 Å². The molecule has 0 saturated heterocycles. The molecule has 0 rings (SSSR count). The molecule has 0 saturated carbocycles. The highest BCUT2D eigenvalue weighted by molar-refractivity contribution is 7.38. The Labute approximate surface area is 444 Å². The third-order valence-corrected chi connectivity index (χ3v) is 14.0. The molecule has 0 radical (unpaired) electrons. The van der Waals surface area contributed by atoms with E-state index in [1.165, 1.54) is 205 Å². The van der Waals surface area contributed by atoms with Crippen molar-refractivity contribution in [1.82, 2.24) is 0 Å². The molecule has 0 aliphatic heterocycles. The van der Waals surface area contributed by atoms with Crippen molar-refractivity contribution in [2.75, 3.05) is 6.61 Å². The van der Waals surface area contributed by atoms with Crippen LogP contribution in [-0.4, -0.2) is 111 Å². The van der Waals surface area contributed by atoms with Crippen LogP contribution in [0.15, 0.2) is 0 Å². The van der Waals surface area contributed by atoms with Gasteiger partial charge >= 0.3 is 25.8 Å². The number of hydrogen-bond acceptors (Lipinski definition) is 15. The molecular weight excluding hydrogens is 982 g/mol. The molecule has 15 N–H and O–H groups in total. The Morgan fingerprint density at radius 3 is 0.639 bits per heavy atom. The molecule has 0 aliphatic rings. The minimum Gasteiger partial charge on any atom is -0.394 e. The fraction of sp³-hybridized carbons (Fsp3) is 1.00. The van der Waals surface area contributed by atoms with Gasteiger partial charge < -0.3 is 74.7 Å². The summed E-state index contributed by atoms with van der Waals surface area (Å²) in [6, 6.07) is 0. The third kappa shape index (κ3) is 58.4. The van der Waals surface area contributed by atoms with Crippen LogP contribution in [0.3, 0.4) is 0 Å². The van der Waals surface area contributed by atoms with Crippen molar-refractivity contribution < 1.29 is 74.7 Å². The molecule has 440 valence electrons. The molecule has 0 heterocycles. The number of aliphatic hydroxyl groups excluding tert-OH is 4. The van der Waals surface area contributed by atoms with Gasteiger partial charge in [0.25, 0.3) is 0 Å². The van der Waals surface area contributed by atoms with Gasteiger partial charge in [0, 0.05) is 0 Å². The van der Waals surface area contributed by atoms with E-state index in [4.69, 9.17) is 44.0 Å². The lowest BCUT2D eigenvalue weighted by atomic mass is 9.68. The Bertz CT molecular complexity index is 957. The van der Waals surface area contributed by atoms with E-state index < -0.39 is 61.9 Å². The first kappa shape index (κ1) is 79.2. The largest absolute Gasteiger partial charge is 0.394 e. The van der Waals surface area contributed by atoms with Crippen molar-refractivity contribution in [2.45, 2.75) is 339 Å². The molecule has 0 unspecified atom stereocenters. The Balaban J connectivity index is -0.00000172. The highest BCUT2D eigenvalue weighted by Crippen LogP contribution is 2.41. The number of aliphatic hydroxyl groups is 6. The third-order valence-electron chi connectivity index (χ3n) is 14.0. The molecule has 4 atom stereocenters. The standard InChI is InChI=1S/C54H110O6.3H3O3P/c1-4-7-10-13-16-19-22-25-28-31-34-37-40-43-46-53(59,47-44-41-38-35-32-29-26-23-20-17-14-11-8-5-2)54(60,52(58)51(57)50(56)49-55)48-45-42-39-36-33-30-27-24-21-18-15-12-9-6-3;3*1-4(2)3/h50-52,55-60H,4-49H2,1-3H3;3*1-3H/t50-,51-,52+,54-;;;/m1.../s1. The van der Waals surface area contributed by atoms with E-state index in [9.17, 15) is 30.6 Å². The van der Waals surface area contributed by atoms with Crippen LogP contribution in [0.5, 0.6) is 0 Å². The second-order valence-corrected chi connectivity index (χ2v) is 22.1. The predicted octanol–water partition coefficient (Wildman–Crippen LogP) is 12.7. The second-order valence-electron chi connectivity index (χ2n) is 20.5. The lowest BCUT2D eigenvalue weighted by molar-refractivity contribution is -0.243. The SMILES string of the molecule is CCCCCCCCCCCCCCCCC(O)(CCCCCCCCCCCCCCCC)[C@@](O)(CCCCCCCCCCCCCCCC)[C@@H](O)[C@H](O)[C@H](O)CO.OP(O)O.OP(O)O.OP(O)O. The number of rotatable bonds is 50. The van der Waals surface area contributed by atoms with Gasteiger partial charge in [-0.1, -0.05) is 290 Å². The van der Waals surface area contributed by atoms with Crippen molar-refractivity contribution in [3.63, 3.8) is 0 Å². The van der Waals surface area contributed by atoms with E-state index in [0.717, 1.165) is 57.8 Å². The zero-order valence-corrected chi connectivity index (χ0v) is 49.0. The Hall–Kier alpha value is 0.690. The second kappa shape index (κ2) is 60.9. The van der Waals surface area contributed by atoms with E-state index >= 15 is 0 Å². The van der Waals surface area contributed by atoms with E-state index in [2.05, 4.69) is 20.8 Å². The van der Waals surface area contributed by atoms with Crippen LogP contribution < -0.4 is 0 Å². The zero-order chi connectivity index (χ0) is 55.0. The van der Waals surface area contributed by atoms with Crippen LogP contribution >= 0.6 is 25.8 Å². The average Bonchev–Trinajstić information content (AvgIpc) is 3.32. The van der Waals surface area contributed by atoms with Gasteiger partial charge in [0.15, 0.2) is 0 Å². The maximum Gasteiger partial charge on any atom is 0.324 e. The molecular formula is C54H119O15P3. The van der Waals surface area contributed by atoms with Crippen molar-refractivity contribution >= 4 is 25.8 Å². The fourth-order valence-electron chi connectivity index (χ4n) is 9.63. The molecule has 0 fully saturated rings. The van der Waals surface area contributed by atoms with Gasteiger partial charge in [0.2, 0.25) is 0 Å². The summed E-state index contributed by atoms with van der Waals surface area (Å²) in [4.78, 5) is 65.1. The molecule has 0 aliphatic carbocycles. The highest BCUT2D eigenvalue weighted by Gasteiger charge is 2.55. The van der Waals surface area contributed by atoms with Gasteiger partial charge in [-0.15, -0.1) is 0 Å². The summed E-state index contributed by atoms with van der Waals surface area (Å²) < 4.78 is 0. The minimum absolute atomic E-state index is 0.162. The quantitative estimate of drug-likeness (QED) is 0.0199. The minimum atomic E-state index is -2.62. The van der Waals surface area contributed by atoms with Crippen LogP contribution in [-0.2, 0) is 0 Å². The maximum absolute atomic E-state index is 12.5. The fourth-order valence-corrected chi connectivity index (χ4v) is 9.63. The molecule has 0 bridgehead atoms. The van der Waals surface area contributed by atoms with Crippen LogP contribution in [0.4, 0.5) is 0 Å². The normalized spacial score (nSPS) is 13.8. The van der Waals surface area contributed by atoms with Gasteiger partial charge in [0.1, 0.15) is 23.9 Å². The first-order valence-electron chi connectivity index (χ1n) is 29.1. The van der Waals surface area contributed by atoms with Crippen molar-refractivity contribution in [3.8, 4) is 0 Å². The number of unbranched alkanes of at least 4 members (excludes halogenated alkanes) is 39. The van der Waals surface area contributed by atoms with Gasteiger partial charge in [-0.2, -0.15) is 0 Å². The molecule has 0 aromatic carbocycles. The van der Waals surface area contributed by atoms with Crippen molar-refractivity contribution in [3.05, 3.63) is 0 Å². The maximum atomic E-state index is 12.5. The molecule has 72 heavy (non-hydrogen) atoms. The lowest BCUT2D eigenvalue weighted by Gasteiger charge is -2.48. The monoisotopic (exact) mass is 1100 g/mol. The van der Waals surface area contributed by atoms with Crippen LogP contribution in [0.2, 0.25) is 0 Å². The molecule has 0 aromatic rings. The summed E-state index contributed by atoms with van der Waals surface area (Å²) in [5.41, 5.74) is -3.57. The summed E-state index contributed by atoms with van der Waals surface area (Å²) in [5, 5.41) is 67.6. The summed E-state index contributed by atoms with van der Waals surface area (Å²) in [5.74, 6) is 0. The van der Waals surface area contributed by atoms with E-state index in [1.54, 1.807) is 0 Å². The summed E-state index contributed by atoms with van der Waals surface area (Å²) in [6.07, 6.45) is 47.4. The van der Waals surface area contributed by atoms with Crippen LogP contribution in [0.25, 0.3) is 0 Å². The van der Waals surface area contributed by atoms with Gasteiger partial charge in [-0.3, -0.25) is 0 Å².